The van der Waals surface area contributed by atoms with Crippen LogP contribution in [0.1, 0.15) is 32.5 Å². The van der Waals surface area contributed by atoms with Crippen molar-refractivity contribution in [2.24, 2.45) is 5.92 Å². The van der Waals surface area contributed by atoms with E-state index in [2.05, 4.69) is 15.3 Å². The molecule has 4 nitrogen and oxygen atoms in total. The standard InChI is InChI=1S/C14H21F3N4/c1-3-11-19-12(18-4-2)8-13(20-11)21-7-5-6-10(9-21)14(15,16)17/h8,10H,3-7,9H2,1-2H3,(H,18,19,20). The number of piperidine rings is 1. The highest BCUT2D eigenvalue weighted by molar-refractivity contribution is 5.49. The van der Waals surface area contributed by atoms with Crippen LogP contribution in [0.15, 0.2) is 6.07 Å². The summed E-state index contributed by atoms with van der Waals surface area (Å²) >= 11 is 0. The third-order valence-corrected chi connectivity index (χ3v) is 3.64. The fraction of sp³-hybridized carbons (Fsp3) is 0.714. The van der Waals surface area contributed by atoms with E-state index >= 15 is 0 Å². The van der Waals surface area contributed by atoms with Gasteiger partial charge >= 0.3 is 6.18 Å². The molecule has 2 heterocycles. The summed E-state index contributed by atoms with van der Waals surface area (Å²) in [6.07, 6.45) is -2.75. The Labute approximate surface area is 122 Å². The van der Waals surface area contributed by atoms with Crippen LogP contribution in [-0.2, 0) is 6.42 Å². The van der Waals surface area contributed by atoms with Crippen molar-refractivity contribution in [3.63, 3.8) is 0 Å². The molecule has 1 saturated heterocycles. The Morgan fingerprint density at radius 1 is 1.33 bits per heavy atom. The van der Waals surface area contributed by atoms with E-state index in [4.69, 9.17) is 0 Å². The molecule has 1 aliphatic heterocycles. The highest BCUT2D eigenvalue weighted by atomic mass is 19.4. The lowest BCUT2D eigenvalue weighted by Crippen LogP contribution is -2.42. The van der Waals surface area contributed by atoms with Gasteiger partial charge < -0.3 is 10.2 Å². The molecule has 21 heavy (non-hydrogen) atoms. The van der Waals surface area contributed by atoms with Crippen LogP contribution in [0.5, 0.6) is 0 Å². The number of anilines is 2. The molecule has 1 aromatic heterocycles. The molecule has 1 aromatic rings. The minimum Gasteiger partial charge on any atom is -0.370 e. The highest BCUT2D eigenvalue weighted by Gasteiger charge is 2.42. The van der Waals surface area contributed by atoms with E-state index in [-0.39, 0.29) is 13.0 Å². The molecule has 1 fully saturated rings. The first-order valence-corrected chi connectivity index (χ1v) is 7.37. The summed E-state index contributed by atoms with van der Waals surface area (Å²) in [6, 6.07) is 1.74. The molecule has 1 unspecified atom stereocenters. The normalized spacial score (nSPS) is 19.7. The molecule has 1 aliphatic rings. The number of rotatable bonds is 4. The van der Waals surface area contributed by atoms with Gasteiger partial charge in [0.15, 0.2) is 0 Å². The van der Waals surface area contributed by atoms with Crippen molar-refractivity contribution in [3.8, 4) is 0 Å². The van der Waals surface area contributed by atoms with E-state index in [9.17, 15) is 13.2 Å². The van der Waals surface area contributed by atoms with Gasteiger partial charge in [-0.2, -0.15) is 13.2 Å². The second-order valence-electron chi connectivity index (χ2n) is 5.24. The Hall–Kier alpha value is -1.53. The molecule has 0 amide bonds. The van der Waals surface area contributed by atoms with Crippen molar-refractivity contribution in [3.05, 3.63) is 11.9 Å². The van der Waals surface area contributed by atoms with E-state index in [0.29, 0.717) is 43.4 Å². The van der Waals surface area contributed by atoms with Crippen molar-refractivity contribution in [2.45, 2.75) is 39.3 Å². The molecule has 1 atom stereocenters. The van der Waals surface area contributed by atoms with Gasteiger partial charge in [-0.25, -0.2) is 9.97 Å². The zero-order valence-corrected chi connectivity index (χ0v) is 12.4. The third kappa shape index (κ3) is 3.98. The minimum absolute atomic E-state index is 0.0186. The van der Waals surface area contributed by atoms with Crippen LogP contribution in [-0.4, -0.2) is 35.8 Å². The highest BCUT2D eigenvalue weighted by Crippen LogP contribution is 2.34. The molecule has 0 aliphatic carbocycles. The van der Waals surface area contributed by atoms with E-state index < -0.39 is 12.1 Å². The lowest BCUT2D eigenvalue weighted by atomic mass is 9.97. The van der Waals surface area contributed by atoms with Gasteiger partial charge in [-0.3, -0.25) is 0 Å². The first-order chi connectivity index (χ1) is 9.94. The Balaban J connectivity index is 2.21. The van der Waals surface area contributed by atoms with Crippen molar-refractivity contribution in [1.82, 2.24) is 9.97 Å². The summed E-state index contributed by atoms with van der Waals surface area (Å²) in [7, 11) is 0. The van der Waals surface area contributed by atoms with E-state index in [1.165, 1.54) is 0 Å². The topological polar surface area (TPSA) is 41.0 Å². The largest absolute Gasteiger partial charge is 0.393 e. The average molecular weight is 302 g/mol. The smallest absolute Gasteiger partial charge is 0.370 e. The van der Waals surface area contributed by atoms with Crippen LogP contribution >= 0.6 is 0 Å². The second-order valence-corrected chi connectivity index (χ2v) is 5.24. The minimum atomic E-state index is -4.14. The number of nitrogens with one attached hydrogen (secondary N) is 1. The second kappa shape index (κ2) is 6.49. The van der Waals surface area contributed by atoms with Crippen LogP contribution in [0.4, 0.5) is 24.8 Å². The maximum absolute atomic E-state index is 12.9. The van der Waals surface area contributed by atoms with E-state index in [0.717, 1.165) is 0 Å². The maximum Gasteiger partial charge on any atom is 0.393 e. The zero-order chi connectivity index (χ0) is 15.5. The van der Waals surface area contributed by atoms with E-state index in [1.54, 1.807) is 11.0 Å². The molecule has 118 valence electrons. The lowest BCUT2D eigenvalue weighted by molar-refractivity contribution is -0.176. The summed E-state index contributed by atoms with van der Waals surface area (Å²) in [5.41, 5.74) is 0. The fourth-order valence-corrected chi connectivity index (χ4v) is 2.53. The molecular weight excluding hydrogens is 281 g/mol. The summed E-state index contributed by atoms with van der Waals surface area (Å²) in [4.78, 5) is 10.4. The van der Waals surface area contributed by atoms with Crippen LogP contribution in [0.3, 0.4) is 0 Å². The van der Waals surface area contributed by atoms with Gasteiger partial charge in [0.25, 0.3) is 0 Å². The number of alkyl halides is 3. The SMILES string of the molecule is CCNc1cc(N2CCCC(C(F)(F)F)C2)nc(CC)n1. The molecule has 1 N–H and O–H groups in total. The van der Waals surface area contributed by atoms with Crippen molar-refractivity contribution < 1.29 is 13.2 Å². The molecule has 2 rings (SSSR count). The molecule has 0 aromatic carbocycles. The number of nitrogens with zero attached hydrogens (tertiary/aromatic N) is 3. The van der Waals surface area contributed by atoms with Gasteiger partial charge in [0.2, 0.25) is 0 Å². The van der Waals surface area contributed by atoms with Gasteiger partial charge in [-0.15, -0.1) is 0 Å². The Morgan fingerprint density at radius 2 is 2.10 bits per heavy atom. The van der Waals surface area contributed by atoms with Crippen molar-refractivity contribution in [1.29, 1.82) is 0 Å². The Bertz CT molecular complexity index is 476. The zero-order valence-electron chi connectivity index (χ0n) is 12.4. The summed E-state index contributed by atoms with van der Waals surface area (Å²) in [5, 5.41) is 3.10. The van der Waals surface area contributed by atoms with Crippen LogP contribution in [0.2, 0.25) is 0 Å². The maximum atomic E-state index is 12.9. The number of hydrogen-bond donors (Lipinski definition) is 1. The van der Waals surface area contributed by atoms with Crippen molar-refractivity contribution in [2.75, 3.05) is 29.9 Å². The molecule has 7 heteroatoms. The molecule has 0 bridgehead atoms. The summed E-state index contributed by atoms with van der Waals surface area (Å²) in [5.74, 6) is 0.645. The molecule has 0 radical (unpaired) electrons. The third-order valence-electron chi connectivity index (χ3n) is 3.64. The van der Waals surface area contributed by atoms with Gasteiger partial charge in [0.05, 0.1) is 5.92 Å². The number of aromatic nitrogens is 2. The Morgan fingerprint density at radius 3 is 2.71 bits per heavy atom. The van der Waals surface area contributed by atoms with Gasteiger partial charge in [0, 0.05) is 32.1 Å². The van der Waals surface area contributed by atoms with Crippen LogP contribution < -0.4 is 10.2 Å². The van der Waals surface area contributed by atoms with Crippen LogP contribution in [0.25, 0.3) is 0 Å². The number of halogens is 3. The molecular formula is C14H21F3N4. The monoisotopic (exact) mass is 302 g/mol. The summed E-state index contributed by atoms with van der Waals surface area (Å²) in [6.45, 7) is 5.19. The van der Waals surface area contributed by atoms with Gasteiger partial charge in [-0.1, -0.05) is 6.92 Å². The Kier molecular flexibility index (Phi) is 4.90. The summed E-state index contributed by atoms with van der Waals surface area (Å²) < 4.78 is 38.7. The number of aryl methyl sites for hydroxylation is 1. The first-order valence-electron chi connectivity index (χ1n) is 7.37. The molecule has 0 saturated carbocycles. The van der Waals surface area contributed by atoms with Crippen LogP contribution in [0, 0.1) is 5.92 Å². The number of hydrogen-bond acceptors (Lipinski definition) is 4. The predicted molar refractivity (Wildman–Crippen MR) is 76.6 cm³/mol. The predicted octanol–water partition coefficient (Wildman–Crippen LogP) is 3.25. The van der Waals surface area contributed by atoms with Crippen molar-refractivity contribution >= 4 is 11.6 Å². The quantitative estimate of drug-likeness (QED) is 0.927. The fourth-order valence-electron chi connectivity index (χ4n) is 2.53. The first kappa shape index (κ1) is 15.9. The lowest BCUT2D eigenvalue weighted by Gasteiger charge is -2.34. The van der Waals surface area contributed by atoms with E-state index in [1.807, 2.05) is 13.8 Å². The van der Waals surface area contributed by atoms with Gasteiger partial charge in [0.1, 0.15) is 17.5 Å². The van der Waals surface area contributed by atoms with Gasteiger partial charge in [-0.05, 0) is 19.8 Å². The average Bonchev–Trinajstić information content (AvgIpc) is 2.46. The molecule has 0 spiro atoms.